The Balaban J connectivity index is 1.73. The van der Waals surface area contributed by atoms with Gasteiger partial charge in [0, 0.05) is 12.8 Å². The number of hydrogen-bond acceptors (Lipinski definition) is 3. The van der Waals surface area contributed by atoms with Crippen molar-refractivity contribution in [1.82, 2.24) is 15.0 Å². The van der Waals surface area contributed by atoms with Crippen molar-refractivity contribution in [2.75, 3.05) is 6.61 Å². The van der Waals surface area contributed by atoms with E-state index in [0.717, 1.165) is 25.1 Å². The lowest BCUT2D eigenvalue weighted by atomic mass is 9.78. The Morgan fingerprint density at radius 3 is 2.94 bits per heavy atom. The van der Waals surface area contributed by atoms with Crippen LogP contribution in [0.5, 0.6) is 0 Å². The molecular formula is C13H20ClN3O. The molecule has 1 aliphatic heterocycles. The maximum atomic E-state index is 6.10. The summed E-state index contributed by atoms with van der Waals surface area (Å²) in [6, 6.07) is 0.432. The third-order valence-electron chi connectivity index (χ3n) is 4.30. The third-order valence-corrected chi connectivity index (χ3v) is 4.57. The Hall–Kier alpha value is -0.610. The van der Waals surface area contributed by atoms with Crippen molar-refractivity contribution in [2.45, 2.75) is 62.5 Å². The van der Waals surface area contributed by atoms with Crippen molar-refractivity contribution in [1.29, 1.82) is 0 Å². The van der Waals surface area contributed by atoms with Gasteiger partial charge in [0.25, 0.3) is 0 Å². The first-order valence-corrected chi connectivity index (χ1v) is 7.45. The summed E-state index contributed by atoms with van der Waals surface area (Å²) in [4.78, 5) is 0. The van der Waals surface area contributed by atoms with Crippen LogP contribution >= 0.6 is 11.6 Å². The van der Waals surface area contributed by atoms with Crippen molar-refractivity contribution < 1.29 is 4.74 Å². The molecule has 5 heteroatoms. The van der Waals surface area contributed by atoms with Crippen molar-refractivity contribution >= 4 is 11.6 Å². The minimum atomic E-state index is 0.119. The van der Waals surface area contributed by atoms with Crippen molar-refractivity contribution in [3.63, 3.8) is 0 Å². The van der Waals surface area contributed by atoms with Crippen LogP contribution in [0.1, 0.15) is 56.7 Å². The van der Waals surface area contributed by atoms with Crippen LogP contribution in [-0.4, -0.2) is 27.2 Å². The van der Waals surface area contributed by atoms with E-state index in [1.807, 2.05) is 10.9 Å². The van der Waals surface area contributed by atoms with Gasteiger partial charge in [-0.3, -0.25) is 0 Å². The SMILES string of the molecule is ClCc1cn(C2CCOC3(CCCCC3)C2)nn1. The molecule has 1 aromatic rings. The fraction of sp³-hybridized carbons (Fsp3) is 0.846. The highest BCUT2D eigenvalue weighted by Crippen LogP contribution is 2.41. The predicted octanol–water partition coefficient (Wildman–Crippen LogP) is 3.07. The highest BCUT2D eigenvalue weighted by atomic mass is 35.5. The van der Waals surface area contributed by atoms with Gasteiger partial charge in [-0.1, -0.05) is 24.5 Å². The van der Waals surface area contributed by atoms with E-state index < -0.39 is 0 Å². The van der Waals surface area contributed by atoms with Gasteiger partial charge in [0.2, 0.25) is 0 Å². The minimum Gasteiger partial charge on any atom is -0.375 e. The maximum absolute atomic E-state index is 6.10. The Morgan fingerprint density at radius 1 is 1.39 bits per heavy atom. The first kappa shape index (κ1) is 12.4. The van der Waals surface area contributed by atoms with E-state index in [1.54, 1.807) is 0 Å². The van der Waals surface area contributed by atoms with Crippen LogP contribution < -0.4 is 0 Å². The Bertz CT molecular complexity index is 395. The molecule has 1 aliphatic carbocycles. The molecule has 3 rings (SSSR count). The molecule has 1 spiro atoms. The fourth-order valence-corrected chi connectivity index (χ4v) is 3.45. The lowest BCUT2D eigenvalue weighted by Crippen LogP contribution is -2.42. The summed E-state index contributed by atoms with van der Waals surface area (Å²) < 4.78 is 8.10. The van der Waals surface area contributed by atoms with Gasteiger partial charge in [-0.15, -0.1) is 16.7 Å². The fourth-order valence-electron chi connectivity index (χ4n) is 3.33. The summed E-state index contributed by atoms with van der Waals surface area (Å²) in [5.74, 6) is 0.439. The second-order valence-electron chi connectivity index (χ2n) is 5.56. The van der Waals surface area contributed by atoms with Gasteiger partial charge >= 0.3 is 0 Å². The normalized spacial score (nSPS) is 27.5. The van der Waals surface area contributed by atoms with Crippen LogP contribution in [0.15, 0.2) is 6.20 Å². The van der Waals surface area contributed by atoms with Crippen LogP contribution in [0.4, 0.5) is 0 Å². The molecule has 2 fully saturated rings. The van der Waals surface area contributed by atoms with Gasteiger partial charge in [-0.2, -0.15) is 0 Å². The predicted molar refractivity (Wildman–Crippen MR) is 69.6 cm³/mol. The van der Waals surface area contributed by atoms with E-state index in [-0.39, 0.29) is 5.60 Å². The van der Waals surface area contributed by atoms with Gasteiger partial charge in [0.15, 0.2) is 0 Å². The van der Waals surface area contributed by atoms with Crippen LogP contribution in [0.3, 0.4) is 0 Å². The molecule has 1 saturated carbocycles. The highest BCUT2D eigenvalue weighted by molar-refractivity contribution is 6.16. The number of ether oxygens (including phenoxy) is 1. The molecule has 1 unspecified atom stereocenters. The van der Waals surface area contributed by atoms with E-state index >= 15 is 0 Å². The summed E-state index contributed by atoms with van der Waals surface area (Å²) in [7, 11) is 0. The second kappa shape index (κ2) is 5.17. The molecular weight excluding hydrogens is 250 g/mol. The number of rotatable bonds is 2. The maximum Gasteiger partial charge on any atom is 0.0974 e. The van der Waals surface area contributed by atoms with E-state index in [9.17, 15) is 0 Å². The quantitative estimate of drug-likeness (QED) is 0.775. The monoisotopic (exact) mass is 269 g/mol. The first-order chi connectivity index (χ1) is 8.81. The summed E-state index contributed by atoms with van der Waals surface area (Å²) in [6.07, 6.45) is 10.5. The third kappa shape index (κ3) is 2.41. The minimum absolute atomic E-state index is 0.119. The Kier molecular flexibility index (Phi) is 3.57. The number of nitrogens with zero attached hydrogens (tertiary/aromatic N) is 3. The Labute approximate surface area is 113 Å². The van der Waals surface area contributed by atoms with Crippen LogP contribution in [-0.2, 0) is 10.6 Å². The molecule has 0 bridgehead atoms. The molecule has 0 radical (unpaired) electrons. The van der Waals surface area contributed by atoms with Crippen molar-refractivity contribution in [3.05, 3.63) is 11.9 Å². The van der Waals surface area contributed by atoms with Crippen LogP contribution in [0, 0.1) is 0 Å². The van der Waals surface area contributed by atoms with E-state index in [2.05, 4.69) is 10.3 Å². The summed E-state index contributed by atoms with van der Waals surface area (Å²) in [5, 5.41) is 8.30. The Morgan fingerprint density at radius 2 is 2.22 bits per heavy atom. The summed E-state index contributed by atoms with van der Waals surface area (Å²) >= 11 is 5.78. The van der Waals surface area contributed by atoms with Crippen LogP contribution in [0.2, 0.25) is 0 Å². The molecule has 0 aromatic carbocycles. The molecule has 2 heterocycles. The highest BCUT2D eigenvalue weighted by Gasteiger charge is 2.39. The lowest BCUT2D eigenvalue weighted by Gasteiger charge is -2.43. The number of alkyl halides is 1. The molecule has 1 atom stereocenters. The standard InChI is InChI=1S/C13H20ClN3O/c14-9-11-10-17(16-15-11)12-4-7-18-13(8-12)5-2-1-3-6-13/h10,12H,1-9H2. The molecule has 4 nitrogen and oxygen atoms in total. The average Bonchev–Trinajstić information content (AvgIpc) is 2.88. The lowest BCUT2D eigenvalue weighted by molar-refractivity contribution is -0.115. The summed E-state index contributed by atoms with van der Waals surface area (Å²) in [5.41, 5.74) is 0.981. The molecule has 18 heavy (non-hydrogen) atoms. The van der Waals surface area contributed by atoms with Crippen molar-refractivity contribution in [2.24, 2.45) is 0 Å². The molecule has 2 aliphatic rings. The number of halogens is 1. The molecule has 1 aromatic heterocycles. The van der Waals surface area contributed by atoms with Gasteiger partial charge in [0.1, 0.15) is 0 Å². The van der Waals surface area contributed by atoms with Gasteiger partial charge in [0.05, 0.1) is 23.2 Å². The van der Waals surface area contributed by atoms with E-state index in [4.69, 9.17) is 16.3 Å². The number of aromatic nitrogens is 3. The second-order valence-corrected chi connectivity index (χ2v) is 5.83. The topological polar surface area (TPSA) is 39.9 Å². The molecule has 100 valence electrons. The molecule has 0 N–H and O–H groups in total. The largest absolute Gasteiger partial charge is 0.375 e. The van der Waals surface area contributed by atoms with Gasteiger partial charge < -0.3 is 4.74 Å². The van der Waals surface area contributed by atoms with Crippen molar-refractivity contribution in [3.8, 4) is 0 Å². The zero-order valence-corrected chi connectivity index (χ0v) is 11.4. The zero-order chi connectivity index (χ0) is 12.4. The van der Waals surface area contributed by atoms with E-state index in [1.165, 1.54) is 32.1 Å². The van der Waals surface area contributed by atoms with Crippen LogP contribution in [0.25, 0.3) is 0 Å². The zero-order valence-electron chi connectivity index (χ0n) is 10.6. The number of hydrogen-bond donors (Lipinski definition) is 0. The molecule has 0 amide bonds. The molecule has 1 saturated heterocycles. The average molecular weight is 270 g/mol. The smallest absolute Gasteiger partial charge is 0.0974 e. The summed E-state index contributed by atoms with van der Waals surface area (Å²) in [6.45, 7) is 0.848. The van der Waals surface area contributed by atoms with Gasteiger partial charge in [-0.25, -0.2) is 4.68 Å². The van der Waals surface area contributed by atoms with Gasteiger partial charge in [-0.05, 0) is 25.7 Å². The van der Waals surface area contributed by atoms with E-state index in [0.29, 0.717) is 11.9 Å². The first-order valence-electron chi connectivity index (χ1n) is 6.92.